The Hall–Kier alpha value is -2.40. The van der Waals surface area contributed by atoms with Gasteiger partial charge in [0.25, 0.3) is 0 Å². The summed E-state index contributed by atoms with van der Waals surface area (Å²) in [5.41, 5.74) is -2.68. The lowest BCUT2D eigenvalue weighted by atomic mass is 9.98. The molecule has 29 heavy (non-hydrogen) atoms. The molecule has 158 valence electrons. The fourth-order valence-corrected chi connectivity index (χ4v) is 2.67. The summed E-state index contributed by atoms with van der Waals surface area (Å²) in [4.78, 5) is 20.5. The van der Waals surface area contributed by atoms with Crippen molar-refractivity contribution in [2.24, 2.45) is 0 Å². The topological polar surface area (TPSA) is 69.6 Å². The summed E-state index contributed by atoms with van der Waals surface area (Å²) in [6, 6.07) is 0.227. The van der Waals surface area contributed by atoms with Crippen LogP contribution in [0, 0.1) is 0 Å². The number of rotatable bonds is 3. The van der Waals surface area contributed by atoms with Gasteiger partial charge in [0.1, 0.15) is 0 Å². The van der Waals surface area contributed by atoms with Crippen LogP contribution in [0.5, 0.6) is 0 Å². The molecule has 0 saturated heterocycles. The normalized spacial score (nSPS) is 19.5. The number of carboxylic acid groups (broad SMARTS) is 1. The van der Waals surface area contributed by atoms with Gasteiger partial charge in [-0.3, -0.25) is 0 Å². The Kier molecular flexibility index (Phi) is 6.15. The molecule has 1 aromatic carbocycles. The number of alkyl halides is 7. The van der Waals surface area contributed by atoms with E-state index in [2.05, 4.69) is 0 Å². The van der Waals surface area contributed by atoms with Crippen molar-refractivity contribution in [3.8, 4) is 0 Å². The molecule has 0 spiro atoms. The maximum Gasteiger partial charge on any atom is 0.493 e. The fraction of sp³-hybridized carbons (Fsp3) is 0.250. The number of anilines is 1. The van der Waals surface area contributed by atoms with E-state index in [0.717, 1.165) is 24.3 Å². The molecular formula is C16H10Cl2F6N2O3. The number of carbonyl (C=O) groups is 2. The number of amides is 2. The SMILES string of the molecule is O=C(Nc1ccc(Cl)c(C(F)(F)F)c1)N(C1=CCC(Cl)(C(=O)O)C=C1)C(F)(F)F. The lowest BCUT2D eigenvalue weighted by Gasteiger charge is -2.29. The lowest BCUT2D eigenvalue weighted by Crippen LogP contribution is -2.45. The van der Waals surface area contributed by atoms with Crippen molar-refractivity contribution in [1.82, 2.24) is 4.90 Å². The molecule has 0 fully saturated rings. The van der Waals surface area contributed by atoms with Crippen molar-refractivity contribution >= 4 is 40.9 Å². The van der Waals surface area contributed by atoms with E-state index in [9.17, 15) is 35.9 Å². The van der Waals surface area contributed by atoms with E-state index in [0.29, 0.717) is 12.1 Å². The quantitative estimate of drug-likeness (QED) is 0.348. The second kappa shape index (κ2) is 7.79. The molecule has 2 amide bonds. The third-order valence-corrected chi connectivity index (χ3v) is 4.49. The molecule has 0 aliphatic heterocycles. The molecule has 1 aliphatic rings. The number of hydrogen-bond acceptors (Lipinski definition) is 2. The minimum absolute atomic E-state index is 0.383. The summed E-state index contributed by atoms with van der Waals surface area (Å²) >= 11 is 11.2. The van der Waals surface area contributed by atoms with Gasteiger partial charge in [-0.2, -0.15) is 13.2 Å². The highest BCUT2D eigenvalue weighted by Crippen LogP contribution is 2.37. The molecule has 13 heteroatoms. The van der Waals surface area contributed by atoms with Crippen LogP contribution < -0.4 is 5.32 Å². The molecule has 0 radical (unpaired) electrons. The number of carboxylic acids is 1. The summed E-state index contributed by atoms with van der Waals surface area (Å²) in [5, 5.41) is 9.98. The average molecular weight is 463 g/mol. The number of nitrogens with zero attached hydrogens (tertiary/aromatic N) is 1. The van der Waals surface area contributed by atoms with Crippen LogP contribution in [-0.2, 0) is 11.0 Å². The van der Waals surface area contributed by atoms with Crippen LogP contribution in [-0.4, -0.2) is 33.2 Å². The summed E-state index contributed by atoms with van der Waals surface area (Å²) in [5.74, 6) is -1.51. The number of benzene rings is 1. The van der Waals surface area contributed by atoms with E-state index in [1.165, 1.54) is 0 Å². The zero-order chi connectivity index (χ0) is 22.2. The molecule has 2 N–H and O–H groups in total. The zero-order valence-corrected chi connectivity index (χ0v) is 15.4. The Labute approximate surface area is 169 Å². The third-order valence-electron chi connectivity index (χ3n) is 3.72. The minimum atomic E-state index is -5.27. The maximum atomic E-state index is 13.4. The Morgan fingerprint density at radius 1 is 1.17 bits per heavy atom. The Morgan fingerprint density at radius 2 is 1.79 bits per heavy atom. The van der Waals surface area contributed by atoms with Crippen molar-refractivity contribution in [2.45, 2.75) is 23.8 Å². The number of halogens is 8. The monoisotopic (exact) mass is 462 g/mol. The first-order valence-electron chi connectivity index (χ1n) is 7.51. The van der Waals surface area contributed by atoms with Crippen molar-refractivity contribution < 1.29 is 41.0 Å². The molecule has 5 nitrogen and oxygen atoms in total. The third kappa shape index (κ3) is 5.15. The number of carbonyl (C=O) groups excluding carboxylic acids is 1. The zero-order valence-electron chi connectivity index (χ0n) is 13.9. The second-order valence-electron chi connectivity index (χ2n) is 5.76. The summed E-state index contributed by atoms with van der Waals surface area (Å²) in [6.45, 7) is 0. The first-order chi connectivity index (χ1) is 13.1. The van der Waals surface area contributed by atoms with Gasteiger partial charge in [-0.15, -0.1) is 24.8 Å². The van der Waals surface area contributed by atoms with Gasteiger partial charge < -0.3 is 10.4 Å². The van der Waals surface area contributed by atoms with Gasteiger partial charge in [-0.25, -0.2) is 14.5 Å². The highest BCUT2D eigenvalue weighted by Gasteiger charge is 2.45. The van der Waals surface area contributed by atoms with Crippen molar-refractivity contribution in [3.05, 3.63) is 52.7 Å². The van der Waals surface area contributed by atoms with Crippen molar-refractivity contribution in [2.75, 3.05) is 5.32 Å². The molecule has 0 aromatic heterocycles. The van der Waals surface area contributed by atoms with E-state index in [1.54, 1.807) is 5.32 Å². The van der Waals surface area contributed by atoms with E-state index < -0.39 is 62.6 Å². The minimum Gasteiger partial charge on any atom is -0.480 e. The summed E-state index contributed by atoms with van der Waals surface area (Å²) < 4.78 is 78.8. The van der Waals surface area contributed by atoms with Gasteiger partial charge in [0.2, 0.25) is 0 Å². The Morgan fingerprint density at radius 3 is 2.24 bits per heavy atom. The second-order valence-corrected chi connectivity index (χ2v) is 6.84. The predicted octanol–water partition coefficient (Wildman–Crippen LogP) is 5.62. The number of aliphatic carboxylic acids is 1. The Balaban J connectivity index is 2.32. The van der Waals surface area contributed by atoms with E-state index in [-0.39, 0.29) is 0 Å². The van der Waals surface area contributed by atoms with Gasteiger partial charge in [-0.05, 0) is 24.3 Å². The molecule has 1 atom stereocenters. The smallest absolute Gasteiger partial charge is 0.480 e. The van der Waals surface area contributed by atoms with Crippen molar-refractivity contribution in [1.29, 1.82) is 0 Å². The highest BCUT2D eigenvalue weighted by atomic mass is 35.5. The largest absolute Gasteiger partial charge is 0.493 e. The first kappa shape index (κ1) is 22.9. The highest BCUT2D eigenvalue weighted by molar-refractivity contribution is 6.35. The van der Waals surface area contributed by atoms with Crippen LogP contribution in [0.15, 0.2) is 42.1 Å². The van der Waals surface area contributed by atoms with Crippen molar-refractivity contribution in [3.63, 3.8) is 0 Å². The van der Waals surface area contributed by atoms with Crippen LogP contribution in [0.2, 0.25) is 5.02 Å². The van der Waals surface area contributed by atoms with Gasteiger partial charge >= 0.3 is 24.5 Å². The van der Waals surface area contributed by atoms with Crippen LogP contribution in [0.1, 0.15) is 12.0 Å². The molecular weight excluding hydrogens is 453 g/mol. The molecule has 1 aliphatic carbocycles. The van der Waals surface area contributed by atoms with Gasteiger partial charge in [0.05, 0.1) is 16.3 Å². The van der Waals surface area contributed by atoms with Crippen LogP contribution in [0.25, 0.3) is 0 Å². The summed E-state index contributed by atoms with van der Waals surface area (Å²) in [6.07, 6.45) is -8.50. The molecule has 0 bridgehead atoms. The van der Waals surface area contributed by atoms with E-state index in [4.69, 9.17) is 28.3 Å². The van der Waals surface area contributed by atoms with E-state index in [1.807, 2.05) is 0 Å². The molecule has 1 aromatic rings. The number of hydrogen-bond donors (Lipinski definition) is 2. The molecule has 0 saturated carbocycles. The lowest BCUT2D eigenvalue weighted by molar-refractivity contribution is -0.209. The van der Waals surface area contributed by atoms with E-state index >= 15 is 0 Å². The standard InChI is InChI=1S/C16H10Cl2F6N2O3/c17-11-2-1-8(7-10(11)15(19,20)21)25-13(29)26(16(22,23)24)9-3-5-14(18,6-4-9)12(27)28/h1-5,7H,6H2,(H,25,29)(H,27,28). The predicted molar refractivity (Wildman–Crippen MR) is 91.4 cm³/mol. The number of nitrogens with one attached hydrogen (secondary N) is 1. The number of allylic oxidation sites excluding steroid dienone is 2. The molecule has 1 unspecified atom stereocenters. The van der Waals surface area contributed by atoms with Crippen LogP contribution in [0.3, 0.4) is 0 Å². The van der Waals surface area contributed by atoms with Gasteiger partial charge in [0, 0.05) is 12.1 Å². The maximum absolute atomic E-state index is 13.4. The molecule has 2 rings (SSSR count). The average Bonchev–Trinajstić information content (AvgIpc) is 2.56. The summed E-state index contributed by atoms with van der Waals surface area (Å²) in [7, 11) is 0. The fourth-order valence-electron chi connectivity index (χ4n) is 2.31. The van der Waals surface area contributed by atoms with Gasteiger partial charge in [-0.1, -0.05) is 23.8 Å². The van der Waals surface area contributed by atoms with Crippen LogP contribution in [0.4, 0.5) is 36.8 Å². The molecule has 0 heterocycles. The first-order valence-corrected chi connectivity index (χ1v) is 8.27. The number of urea groups is 1. The van der Waals surface area contributed by atoms with Crippen LogP contribution >= 0.6 is 23.2 Å². The van der Waals surface area contributed by atoms with Gasteiger partial charge in [0.15, 0.2) is 4.87 Å². The Bertz CT molecular complexity index is 898.